The summed E-state index contributed by atoms with van der Waals surface area (Å²) in [6, 6.07) is 11.7. The third-order valence-corrected chi connectivity index (χ3v) is 6.02. The van der Waals surface area contributed by atoms with Crippen LogP contribution in [0.15, 0.2) is 42.5 Å². The molecule has 2 aliphatic rings. The molecule has 2 saturated heterocycles. The molecular formula is C21H19FN2O5S. The molecule has 2 unspecified atom stereocenters. The fourth-order valence-electron chi connectivity index (χ4n) is 3.31. The van der Waals surface area contributed by atoms with E-state index in [1.54, 1.807) is 30.1 Å². The lowest BCUT2D eigenvalue weighted by atomic mass is 10.1. The number of ether oxygens (including phenoxy) is 2. The number of thioether (sulfide) groups is 1. The van der Waals surface area contributed by atoms with Gasteiger partial charge in [-0.2, -0.15) is 0 Å². The highest BCUT2D eigenvalue weighted by atomic mass is 32.2. The van der Waals surface area contributed by atoms with Gasteiger partial charge in [-0.05, 0) is 48.2 Å². The quantitative estimate of drug-likeness (QED) is 0.755. The summed E-state index contributed by atoms with van der Waals surface area (Å²) in [4.78, 5) is 35.9. The molecule has 9 heteroatoms. The molecule has 156 valence electrons. The molecule has 0 saturated carbocycles. The molecule has 4 rings (SSSR count). The number of nitrogens with one attached hydrogen (secondary N) is 1. The minimum absolute atomic E-state index is 0.00957. The van der Waals surface area contributed by atoms with Crippen LogP contribution in [0.1, 0.15) is 11.1 Å². The van der Waals surface area contributed by atoms with Gasteiger partial charge in [0.15, 0.2) is 11.6 Å². The number of likely N-dealkylation sites (N-methyl/N-ethyl adjacent to an activating group) is 1. The maximum Gasteiger partial charge on any atom is 0.409 e. The maximum atomic E-state index is 14.5. The number of nitrogens with zero attached hydrogens (tertiary/aromatic N) is 1. The number of rotatable bonds is 6. The Labute approximate surface area is 176 Å². The molecule has 2 aromatic carbocycles. The summed E-state index contributed by atoms with van der Waals surface area (Å²) < 4.78 is 25.1. The van der Waals surface area contributed by atoms with Crippen LogP contribution in [0.2, 0.25) is 0 Å². The van der Waals surface area contributed by atoms with Crippen molar-refractivity contribution in [1.29, 1.82) is 0 Å². The van der Waals surface area contributed by atoms with E-state index < -0.39 is 11.1 Å². The van der Waals surface area contributed by atoms with Gasteiger partial charge in [0, 0.05) is 7.05 Å². The summed E-state index contributed by atoms with van der Waals surface area (Å²) in [5.41, 5.74) is 1.62. The number of hydrogen-bond acceptors (Lipinski definition) is 6. The summed E-state index contributed by atoms with van der Waals surface area (Å²) in [6.07, 6.45) is 0.592. The second kappa shape index (κ2) is 8.35. The minimum Gasteiger partial charge on any atom is -0.454 e. The third-order valence-electron chi connectivity index (χ3n) is 5.04. The normalized spacial score (nSPS) is 21.0. The zero-order chi connectivity index (χ0) is 21.3. The van der Waals surface area contributed by atoms with Crippen LogP contribution in [0.3, 0.4) is 0 Å². The third kappa shape index (κ3) is 4.40. The van der Waals surface area contributed by atoms with Crippen molar-refractivity contribution in [2.75, 3.05) is 13.7 Å². The lowest BCUT2D eigenvalue weighted by molar-refractivity contribution is -0.118. The number of amides is 3. The number of hydrogen-bond donors (Lipinski definition) is 1. The van der Waals surface area contributed by atoms with Crippen LogP contribution < -0.4 is 10.1 Å². The van der Waals surface area contributed by atoms with E-state index in [1.807, 2.05) is 12.1 Å². The Morgan fingerprint density at radius 2 is 1.87 bits per heavy atom. The van der Waals surface area contributed by atoms with Crippen molar-refractivity contribution < 1.29 is 28.2 Å². The van der Waals surface area contributed by atoms with Crippen LogP contribution in [0, 0.1) is 5.82 Å². The van der Waals surface area contributed by atoms with Gasteiger partial charge in [-0.1, -0.05) is 30.0 Å². The van der Waals surface area contributed by atoms with Crippen LogP contribution in [0.5, 0.6) is 11.5 Å². The molecule has 0 aromatic heterocycles. The van der Waals surface area contributed by atoms with Crippen molar-refractivity contribution in [3.8, 4) is 11.5 Å². The van der Waals surface area contributed by atoms with E-state index in [9.17, 15) is 18.8 Å². The number of carbonyl (C=O) groups is 3. The molecule has 1 N–H and O–H groups in total. The second-order valence-electron chi connectivity index (χ2n) is 7.14. The van der Waals surface area contributed by atoms with Crippen molar-refractivity contribution in [2.45, 2.75) is 24.1 Å². The van der Waals surface area contributed by atoms with Gasteiger partial charge in [-0.25, -0.2) is 9.18 Å². The van der Waals surface area contributed by atoms with Gasteiger partial charge >= 0.3 is 6.09 Å². The molecule has 2 aliphatic heterocycles. The highest BCUT2D eigenvalue weighted by molar-refractivity contribution is 8.15. The van der Waals surface area contributed by atoms with E-state index in [0.29, 0.717) is 24.3 Å². The van der Waals surface area contributed by atoms with E-state index in [-0.39, 0.29) is 35.5 Å². The first-order valence-electron chi connectivity index (χ1n) is 9.35. The fraction of sp³-hybridized carbons (Fsp3) is 0.286. The Morgan fingerprint density at radius 1 is 1.13 bits per heavy atom. The van der Waals surface area contributed by atoms with E-state index in [0.717, 1.165) is 17.3 Å². The van der Waals surface area contributed by atoms with Crippen molar-refractivity contribution in [2.24, 2.45) is 0 Å². The molecule has 2 heterocycles. The standard InChI is InChI=1S/C21H19FN2O5S/c1-24-14(11-28-21(24)27)8-12-2-5-15(6-3-12)29-17-7-4-13(9-16(17)22)10-18-19(25)23-20(26)30-18/h2-7,9,14,18H,8,10-11H2,1H3,(H,23,25,26). The lowest BCUT2D eigenvalue weighted by Crippen LogP contribution is -2.30. The van der Waals surface area contributed by atoms with Crippen LogP contribution >= 0.6 is 11.8 Å². The smallest absolute Gasteiger partial charge is 0.409 e. The van der Waals surface area contributed by atoms with Gasteiger partial charge in [0.05, 0.1) is 11.3 Å². The highest BCUT2D eigenvalue weighted by Crippen LogP contribution is 2.28. The number of carbonyl (C=O) groups excluding carboxylic acids is 3. The first-order valence-corrected chi connectivity index (χ1v) is 10.2. The molecule has 30 heavy (non-hydrogen) atoms. The van der Waals surface area contributed by atoms with Crippen LogP contribution in [0.25, 0.3) is 0 Å². The molecule has 0 aliphatic carbocycles. The summed E-state index contributed by atoms with van der Waals surface area (Å²) in [6.45, 7) is 0.361. The highest BCUT2D eigenvalue weighted by Gasteiger charge is 2.32. The predicted octanol–water partition coefficient (Wildman–Crippen LogP) is 3.51. The van der Waals surface area contributed by atoms with E-state index >= 15 is 0 Å². The van der Waals surface area contributed by atoms with Gasteiger partial charge < -0.3 is 14.4 Å². The summed E-state index contributed by atoms with van der Waals surface area (Å²) >= 11 is 0.911. The molecule has 3 amide bonds. The van der Waals surface area contributed by atoms with Crippen molar-refractivity contribution in [3.05, 3.63) is 59.4 Å². The molecular weight excluding hydrogens is 411 g/mol. The Hall–Kier alpha value is -3.07. The average Bonchev–Trinajstić information content (AvgIpc) is 3.20. The van der Waals surface area contributed by atoms with Crippen LogP contribution in [-0.4, -0.2) is 47.1 Å². The number of imide groups is 1. The Morgan fingerprint density at radius 3 is 2.47 bits per heavy atom. The summed E-state index contributed by atoms with van der Waals surface area (Å²) in [5.74, 6) is -0.352. The monoisotopic (exact) mass is 430 g/mol. The summed E-state index contributed by atoms with van der Waals surface area (Å²) in [5, 5.41) is 1.29. The lowest BCUT2D eigenvalue weighted by Gasteiger charge is -2.16. The van der Waals surface area contributed by atoms with E-state index in [1.165, 1.54) is 12.1 Å². The molecule has 0 radical (unpaired) electrons. The fourth-order valence-corrected chi connectivity index (χ4v) is 4.17. The number of halogens is 1. The first-order chi connectivity index (χ1) is 14.4. The molecule has 2 aromatic rings. The molecule has 0 bridgehead atoms. The largest absolute Gasteiger partial charge is 0.454 e. The zero-order valence-corrected chi connectivity index (χ0v) is 16.9. The van der Waals surface area contributed by atoms with Crippen molar-refractivity contribution in [3.63, 3.8) is 0 Å². The van der Waals surface area contributed by atoms with E-state index in [2.05, 4.69) is 5.32 Å². The maximum absolute atomic E-state index is 14.5. The van der Waals surface area contributed by atoms with Crippen LogP contribution in [-0.2, 0) is 22.4 Å². The van der Waals surface area contributed by atoms with Crippen LogP contribution in [0.4, 0.5) is 14.0 Å². The topological polar surface area (TPSA) is 84.9 Å². The SMILES string of the molecule is CN1C(=O)OCC1Cc1ccc(Oc2ccc(CC3SC(=O)NC3=O)cc2F)cc1. The van der Waals surface area contributed by atoms with Gasteiger partial charge in [-0.3, -0.25) is 14.9 Å². The molecule has 2 fully saturated rings. The second-order valence-corrected chi connectivity index (χ2v) is 8.32. The first kappa shape index (κ1) is 20.2. The number of cyclic esters (lactones) is 1. The summed E-state index contributed by atoms with van der Waals surface area (Å²) in [7, 11) is 1.71. The zero-order valence-electron chi connectivity index (χ0n) is 16.1. The van der Waals surface area contributed by atoms with E-state index in [4.69, 9.17) is 9.47 Å². The Balaban J connectivity index is 1.37. The molecule has 2 atom stereocenters. The van der Waals surface area contributed by atoms with Gasteiger partial charge in [0.2, 0.25) is 5.91 Å². The average molecular weight is 430 g/mol. The number of benzene rings is 2. The van der Waals surface area contributed by atoms with Gasteiger partial charge in [-0.15, -0.1) is 0 Å². The van der Waals surface area contributed by atoms with Crippen molar-refractivity contribution >= 4 is 29.0 Å². The van der Waals surface area contributed by atoms with Gasteiger partial charge in [0.1, 0.15) is 12.4 Å². The van der Waals surface area contributed by atoms with Gasteiger partial charge in [0.25, 0.3) is 5.24 Å². The molecule has 0 spiro atoms. The minimum atomic E-state index is -0.547. The van der Waals surface area contributed by atoms with Crippen molar-refractivity contribution in [1.82, 2.24) is 10.2 Å². The molecule has 7 nitrogen and oxygen atoms in total. The predicted molar refractivity (Wildman–Crippen MR) is 108 cm³/mol. The Kier molecular flexibility index (Phi) is 5.63. The Bertz CT molecular complexity index is 997.